The van der Waals surface area contributed by atoms with Crippen LogP contribution in [0.5, 0.6) is 5.75 Å². The summed E-state index contributed by atoms with van der Waals surface area (Å²) in [7, 11) is 0. The molecule has 4 rings (SSSR count). The third-order valence-corrected chi connectivity index (χ3v) is 5.47. The quantitative estimate of drug-likeness (QED) is 0.239. The Kier molecular flexibility index (Phi) is 8.75. The van der Waals surface area contributed by atoms with E-state index in [1.807, 2.05) is 42.5 Å². The number of rotatable bonds is 12. The van der Waals surface area contributed by atoms with Crippen LogP contribution in [0.2, 0.25) is 0 Å². The summed E-state index contributed by atoms with van der Waals surface area (Å²) in [6.45, 7) is 0.977. The molecule has 7 nitrogen and oxygen atoms in total. The van der Waals surface area contributed by atoms with Crippen LogP contribution >= 0.6 is 0 Å². The van der Waals surface area contributed by atoms with Gasteiger partial charge >= 0.3 is 0 Å². The van der Waals surface area contributed by atoms with E-state index in [1.54, 1.807) is 42.7 Å². The van der Waals surface area contributed by atoms with E-state index in [2.05, 4.69) is 28.1 Å². The second-order valence-corrected chi connectivity index (χ2v) is 8.17. The van der Waals surface area contributed by atoms with Gasteiger partial charge in [-0.05, 0) is 66.9 Å². The van der Waals surface area contributed by atoms with Crippen LogP contribution in [0.3, 0.4) is 0 Å². The van der Waals surface area contributed by atoms with Gasteiger partial charge in [-0.3, -0.25) is 9.59 Å². The zero-order valence-electron chi connectivity index (χ0n) is 19.9. The Morgan fingerprint density at radius 1 is 0.833 bits per heavy atom. The molecule has 3 N–H and O–H groups in total. The van der Waals surface area contributed by atoms with Gasteiger partial charge in [-0.25, -0.2) is 0 Å². The molecule has 7 heteroatoms. The van der Waals surface area contributed by atoms with Crippen molar-refractivity contribution in [2.45, 2.75) is 19.4 Å². The Balaban J connectivity index is 1.21. The third-order valence-electron chi connectivity index (χ3n) is 5.47. The van der Waals surface area contributed by atoms with Crippen LogP contribution in [-0.4, -0.2) is 25.0 Å². The number of furan rings is 1. The third kappa shape index (κ3) is 7.50. The molecule has 3 aromatic carbocycles. The molecule has 0 radical (unpaired) electrons. The predicted molar refractivity (Wildman–Crippen MR) is 140 cm³/mol. The molecular weight excluding hydrogens is 454 g/mol. The fraction of sp³-hybridized carbons (Fsp3) is 0.172. The number of nitrogens with one attached hydrogen (secondary N) is 3. The number of para-hydroxylation sites is 2. The Morgan fingerprint density at radius 3 is 2.39 bits per heavy atom. The first-order valence-electron chi connectivity index (χ1n) is 11.9. The summed E-state index contributed by atoms with van der Waals surface area (Å²) >= 11 is 0. The van der Waals surface area contributed by atoms with E-state index in [0.29, 0.717) is 35.9 Å². The van der Waals surface area contributed by atoms with Crippen LogP contribution in [0.15, 0.2) is 102 Å². The molecule has 0 spiro atoms. The Hall–Kier alpha value is -4.52. The molecule has 2 amide bonds. The molecule has 0 aliphatic carbocycles. The molecular formula is C29H29N3O4. The summed E-state index contributed by atoms with van der Waals surface area (Å²) in [5.41, 5.74) is 3.15. The van der Waals surface area contributed by atoms with Crippen molar-refractivity contribution >= 4 is 23.2 Å². The lowest BCUT2D eigenvalue weighted by Gasteiger charge is -2.13. The molecule has 36 heavy (non-hydrogen) atoms. The summed E-state index contributed by atoms with van der Waals surface area (Å²) in [5.74, 6) is 0.970. The van der Waals surface area contributed by atoms with Gasteiger partial charge in [0.15, 0.2) is 0 Å². The van der Waals surface area contributed by atoms with Gasteiger partial charge in [-0.2, -0.15) is 0 Å². The topological polar surface area (TPSA) is 92.6 Å². The van der Waals surface area contributed by atoms with Gasteiger partial charge in [0.05, 0.1) is 31.6 Å². The monoisotopic (exact) mass is 483 g/mol. The van der Waals surface area contributed by atoms with Crippen molar-refractivity contribution in [1.82, 2.24) is 5.32 Å². The summed E-state index contributed by atoms with van der Waals surface area (Å²) in [6, 6.07) is 28.2. The molecule has 0 fully saturated rings. The number of hydrogen-bond donors (Lipinski definition) is 3. The first kappa shape index (κ1) is 24.6. The van der Waals surface area contributed by atoms with Gasteiger partial charge in [-0.15, -0.1) is 0 Å². The number of aryl methyl sites for hydroxylation is 1. The minimum Gasteiger partial charge on any atom is -0.491 e. The second-order valence-electron chi connectivity index (χ2n) is 8.17. The second kappa shape index (κ2) is 12.8. The molecule has 0 aliphatic rings. The normalized spacial score (nSPS) is 10.4. The fourth-order valence-electron chi connectivity index (χ4n) is 3.61. The number of benzene rings is 3. The Labute approximate surface area is 210 Å². The maximum Gasteiger partial charge on any atom is 0.251 e. The van der Waals surface area contributed by atoms with E-state index < -0.39 is 0 Å². The summed E-state index contributed by atoms with van der Waals surface area (Å²) in [6.07, 6.45) is 3.41. The molecule has 0 aliphatic heterocycles. The van der Waals surface area contributed by atoms with Crippen LogP contribution in [0.25, 0.3) is 0 Å². The lowest BCUT2D eigenvalue weighted by atomic mass is 10.1. The number of hydrogen-bond acceptors (Lipinski definition) is 5. The van der Waals surface area contributed by atoms with E-state index >= 15 is 0 Å². The van der Waals surface area contributed by atoms with Crippen molar-refractivity contribution in [3.63, 3.8) is 0 Å². The molecule has 0 atom stereocenters. The van der Waals surface area contributed by atoms with Crippen LogP contribution in [0.1, 0.15) is 28.1 Å². The number of carbonyl (C=O) groups is 2. The minimum atomic E-state index is -0.216. The van der Waals surface area contributed by atoms with Crippen LogP contribution in [-0.2, 0) is 17.8 Å². The van der Waals surface area contributed by atoms with Crippen molar-refractivity contribution < 1.29 is 18.7 Å². The smallest absolute Gasteiger partial charge is 0.251 e. The van der Waals surface area contributed by atoms with Gasteiger partial charge in [0.25, 0.3) is 5.91 Å². The summed E-state index contributed by atoms with van der Waals surface area (Å²) in [5, 5.41) is 8.77. The van der Waals surface area contributed by atoms with E-state index in [0.717, 1.165) is 18.5 Å². The zero-order chi connectivity index (χ0) is 25.0. The standard InChI is InChI=1S/C29H29N3O4/c33-28(32-24-16-14-23(15-17-24)29(34)31-20-25-11-7-18-35-25)21-30-26-12-4-5-13-27(26)36-19-6-10-22-8-2-1-3-9-22/h1-5,7-9,11-18,30H,6,10,19-21H2,(H,31,34)(H,32,33). The molecule has 184 valence electrons. The molecule has 0 unspecified atom stereocenters. The lowest BCUT2D eigenvalue weighted by Crippen LogP contribution is -2.23. The van der Waals surface area contributed by atoms with Gasteiger partial charge in [0.1, 0.15) is 11.5 Å². The predicted octanol–water partition coefficient (Wildman–Crippen LogP) is 5.27. The van der Waals surface area contributed by atoms with Crippen LogP contribution in [0.4, 0.5) is 11.4 Å². The Bertz CT molecular complexity index is 1240. The van der Waals surface area contributed by atoms with Crippen molar-refractivity contribution in [3.05, 3.63) is 114 Å². The maximum absolute atomic E-state index is 12.5. The number of ether oxygens (including phenoxy) is 1. The minimum absolute atomic E-state index is 0.0791. The van der Waals surface area contributed by atoms with Crippen LogP contribution in [0, 0.1) is 0 Å². The summed E-state index contributed by atoms with van der Waals surface area (Å²) < 4.78 is 11.2. The molecule has 1 aromatic heterocycles. The van der Waals surface area contributed by atoms with Gasteiger partial charge in [0.2, 0.25) is 5.91 Å². The highest BCUT2D eigenvalue weighted by Crippen LogP contribution is 2.24. The molecule has 1 heterocycles. The molecule has 0 saturated heterocycles. The fourth-order valence-corrected chi connectivity index (χ4v) is 3.61. The Morgan fingerprint density at radius 2 is 1.61 bits per heavy atom. The first-order valence-corrected chi connectivity index (χ1v) is 11.9. The highest BCUT2D eigenvalue weighted by atomic mass is 16.5. The van der Waals surface area contributed by atoms with Crippen LogP contribution < -0.4 is 20.7 Å². The highest BCUT2D eigenvalue weighted by Gasteiger charge is 2.09. The number of amides is 2. The zero-order valence-corrected chi connectivity index (χ0v) is 19.9. The number of carbonyl (C=O) groups excluding carboxylic acids is 2. The van der Waals surface area contributed by atoms with Gasteiger partial charge in [-0.1, -0.05) is 42.5 Å². The maximum atomic E-state index is 12.5. The molecule has 0 bridgehead atoms. The largest absolute Gasteiger partial charge is 0.491 e. The molecule has 4 aromatic rings. The van der Waals surface area contributed by atoms with E-state index in [4.69, 9.17) is 9.15 Å². The highest BCUT2D eigenvalue weighted by molar-refractivity contribution is 5.96. The first-order chi connectivity index (χ1) is 17.7. The van der Waals surface area contributed by atoms with Gasteiger partial charge in [0, 0.05) is 11.3 Å². The lowest BCUT2D eigenvalue weighted by molar-refractivity contribution is -0.114. The van der Waals surface area contributed by atoms with Crippen molar-refractivity contribution in [2.75, 3.05) is 23.8 Å². The van der Waals surface area contributed by atoms with Crippen molar-refractivity contribution in [2.24, 2.45) is 0 Å². The van der Waals surface area contributed by atoms with E-state index in [1.165, 1.54) is 5.56 Å². The molecule has 0 saturated carbocycles. The average molecular weight is 484 g/mol. The van der Waals surface area contributed by atoms with Gasteiger partial charge < -0.3 is 25.1 Å². The van der Waals surface area contributed by atoms with E-state index in [9.17, 15) is 9.59 Å². The average Bonchev–Trinajstić information content (AvgIpc) is 3.44. The SMILES string of the molecule is O=C(CNc1ccccc1OCCCc1ccccc1)Nc1ccc(C(=O)NCc2ccco2)cc1. The van der Waals surface area contributed by atoms with E-state index in [-0.39, 0.29) is 18.4 Å². The number of anilines is 2. The van der Waals surface area contributed by atoms with Crippen molar-refractivity contribution in [3.8, 4) is 5.75 Å². The van der Waals surface area contributed by atoms with Crippen molar-refractivity contribution in [1.29, 1.82) is 0 Å². The summed E-state index contributed by atoms with van der Waals surface area (Å²) in [4.78, 5) is 24.7.